The third-order valence-corrected chi connectivity index (χ3v) is 2.41. The lowest BCUT2D eigenvalue weighted by Gasteiger charge is -2.08. The van der Waals surface area contributed by atoms with Crippen LogP contribution in [-0.4, -0.2) is 18.7 Å². The van der Waals surface area contributed by atoms with E-state index >= 15 is 0 Å². The predicted molar refractivity (Wildman–Crippen MR) is 48.8 cm³/mol. The summed E-state index contributed by atoms with van der Waals surface area (Å²) < 4.78 is 10.4. The first kappa shape index (κ1) is 8.51. The first-order valence-electron chi connectivity index (χ1n) is 4.31. The average Bonchev–Trinajstić information content (AvgIpc) is 2.85. The van der Waals surface area contributed by atoms with Crippen molar-refractivity contribution in [2.24, 2.45) is 0 Å². The third-order valence-electron chi connectivity index (χ3n) is 2.41. The maximum absolute atomic E-state index is 5.33. The summed E-state index contributed by atoms with van der Waals surface area (Å²) in [4.78, 5) is 4.20. The van der Waals surface area contributed by atoms with Crippen LogP contribution in [0, 0.1) is 6.92 Å². The van der Waals surface area contributed by atoms with Crippen molar-refractivity contribution in [3.05, 3.63) is 23.4 Å². The molecule has 1 fully saturated rings. The van der Waals surface area contributed by atoms with Crippen LogP contribution in [0.4, 0.5) is 0 Å². The number of pyridine rings is 1. The molecule has 13 heavy (non-hydrogen) atoms. The molecule has 70 valence electrons. The van der Waals surface area contributed by atoms with Crippen LogP contribution < -0.4 is 4.74 Å². The zero-order valence-corrected chi connectivity index (χ0v) is 8.13. The number of rotatable bonds is 2. The Morgan fingerprint density at radius 3 is 2.77 bits per heavy atom. The summed E-state index contributed by atoms with van der Waals surface area (Å²) in [6.07, 6.45) is 1.82. The topological polar surface area (TPSA) is 34.6 Å². The molecule has 0 radical (unpaired) electrons. The quantitative estimate of drug-likeness (QED) is 0.647. The number of epoxide rings is 1. The number of aryl methyl sites for hydroxylation is 1. The van der Waals surface area contributed by atoms with Crippen LogP contribution in [0.2, 0.25) is 0 Å². The monoisotopic (exact) mass is 179 g/mol. The van der Waals surface area contributed by atoms with E-state index in [0.29, 0.717) is 5.88 Å². The van der Waals surface area contributed by atoms with Gasteiger partial charge in [-0.05, 0) is 19.9 Å². The summed E-state index contributed by atoms with van der Waals surface area (Å²) in [6, 6.07) is 2.07. The lowest BCUT2D eigenvalue weighted by molar-refractivity contribution is 0.327. The van der Waals surface area contributed by atoms with Gasteiger partial charge in [-0.1, -0.05) is 0 Å². The number of aromatic nitrogens is 1. The summed E-state index contributed by atoms with van der Waals surface area (Å²) in [5.74, 6) is 0.688. The Labute approximate surface area is 77.7 Å². The van der Waals surface area contributed by atoms with Gasteiger partial charge in [-0.15, -0.1) is 0 Å². The highest BCUT2D eigenvalue weighted by molar-refractivity contribution is 5.33. The lowest BCUT2D eigenvalue weighted by Crippen LogP contribution is -2.04. The molecule has 0 bridgehead atoms. The molecule has 1 atom stereocenters. The minimum Gasteiger partial charge on any atom is -0.481 e. The zero-order valence-electron chi connectivity index (χ0n) is 8.13. The molecular weight excluding hydrogens is 166 g/mol. The molecule has 3 nitrogen and oxygen atoms in total. The van der Waals surface area contributed by atoms with Crippen LogP contribution in [0.15, 0.2) is 12.3 Å². The minimum atomic E-state index is -0.0932. The second-order valence-corrected chi connectivity index (χ2v) is 3.57. The van der Waals surface area contributed by atoms with Crippen molar-refractivity contribution in [3.8, 4) is 5.88 Å². The fraction of sp³-hybridized carbons (Fsp3) is 0.500. The Morgan fingerprint density at radius 2 is 2.31 bits per heavy atom. The van der Waals surface area contributed by atoms with E-state index in [1.165, 1.54) is 0 Å². The SMILES string of the molecule is COc1ncc(C2(C)CO2)cc1C. The molecule has 1 saturated heterocycles. The highest BCUT2D eigenvalue weighted by Crippen LogP contribution is 2.38. The first-order chi connectivity index (χ1) is 6.15. The van der Waals surface area contributed by atoms with Gasteiger partial charge in [0.1, 0.15) is 5.60 Å². The van der Waals surface area contributed by atoms with Crippen LogP contribution in [-0.2, 0) is 10.3 Å². The van der Waals surface area contributed by atoms with Gasteiger partial charge in [-0.25, -0.2) is 4.98 Å². The molecule has 2 rings (SSSR count). The molecule has 1 aromatic rings. The maximum Gasteiger partial charge on any atom is 0.215 e. The Hall–Kier alpha value is -1.09. The zero-order chi connectivity index (χ0) is 9.47. The summed E-state index contributed by atoms with van der Waals surface area (Å²) in [7, 11) is 1.63. The van der Waals surface area contributed by atoms with Crippen molar-refractivity contribution < 1.29 is 9.47 Å². The Balaban J connectivity index is 2.36. The Kier molecular flexibility index (Phi) is 1.77. The predicted octanol–water partition coefficient (Wildman–Crippen LogP) is 1.64. The molecule has 3 heteroatoms. The molecule has 1 aromatic heterocycles. The third kappa shape index (κ3) is 1.40. The van der Waals surface area contributed by atoms with Gasteiger partial charge in [-0.3, -0.25) is 0 Å². The Morgan fingerprint density at radius 1 is 1.62 bits per heavy atom. The van der Waals surface area contributed by atoms with E-state index in [2.05, 4.69) is 18.0 Å². The van der Waals surface area contributed by atoms with Gasteiger partial charge in [0.15, 0.2) is 0 Å². The number of methoxy groups -OCH3 is 1. The highest BCUT2D eigenvalue weighted by atomic mass is 16.6. The van der Waals surface area contributed by atoms with Crippen molar-refractivity contribution in [2.75, 3.05) is 13.7 Å². The van der Waals surface area contributed by atoms with Crippen molar-refractivity contribution in [1.82, 2.24) is 4.98 Å². The second-order valence-electron chi connectivity index (χ2n) is 3.57. The normalized spacial score (nSPS) is 25.8. The summed E-state index contributed by atoms with van der Waals surface area (Å²) >= 11 is 0. The van der Waals surface area contributed by atoms with E-state index in [9.17, 15) is 0 Å². The van der Waals surface area contributed by atoms with Gasteiger partial charge in [0.05, 0.1) is 13.7 Å². The molecule has 0 spiro atoms. The van der Waals surface area contributed by atoms with E-state index in [1.807, 2.05) is 13.1 Å². The van der Waals surface area contributed by atoms with E-state index in [1.54, 1.807) is 7.11 Å². The van der Waals surface area contributed by atoms with Gasteiger partial charge in [-0.2, -0.15) is 0 Å². The maximum atomic E-state index is 5.33. The molecule has 0 aliphatic carbocycles. The number of hydrogen-bond donors (Lipinski definition) is 0. The van der Waals surface area contributed by atoms with Gasteiger partial charge < -0.3 is 9.47 Å². The summed E-state index contributed by atoms with van der Waals surface area (Å²) in [5.41, 5.74) is 2.09. The largest absolute Gasteiger partial charge is 0.481 e. The van der Waals surface area contributed by atoms with Gasteiger partial charge in [0.25, 0.3) is 0 Å². The van der Waals surface area contributed by atoms with E-state index in [0.717, 1.165) is 17.7 Å². The molecule has 0 N–H and O–H groups in total. The van der Waals surface area contributed by atoms with Gasteiger partial charge in [0.2, 0.25) is 5.88 Å². The van der Waals surface area contributed by atoms with Crippen LogP contribution >= 0.6 is 0 Å². The average molecular weight is 179 g/mol. The molecular formula is C10H13NO2. The Bertz CT molecular complexity index is 332. The van der Waals surface area contributed by atoms with E-state index in [4.69, 9.17) is 9.47 Å². The standard InChI is InChI=1S/C10H13NO2/c1-7-4-8(10(2)6-13-10)5-11-9(7)12-3/h4-5H,6H2,1-3H3. The summed E-state index contributed by atoms with van der Waals surface area (Å²) in [6.45, 7) is 4.84. The molecule has 0 amide bonds. The molecule has 1 unspecified atom stereocenters. The van der Waals surface area contributed by atoms with Crippen molar-refractivity contribution in [1.29, 1.82) is 0 Å². The van der Waals surface area contributed by atoms with Crippen LogP contribution in [0.1, 0.15) is 18.1 Å². The van der Waals surface area contributed by atoms with Gasteiger partial charge in [0, 0.05) is 17.3 Å². The molecule has 0 saturated carbocycles. The summed E-state index contributed by atoms with van der Waals surface area (Å²) in [5, 5.41) is 0. The van der Waals surface area contributed by atoms with E-state index in [-0.39, 0.29) is 5.60 Å². The fourth-order valence-corrected chi connectivity index (χ4v) is 1.34. The molecule has 0 aromatic carbocycles. The molecule has 1 aliphatic heterocycles. The first-order valence-corrected chi connectivity index (χ1v) is 4.31. The number of nitrogens with zero attached hydrogens (tertiary/aromatic N) is 1. The second kappa shape index (κ2) is 2.70. The van der Waals surface area contributed by atoms with Crippen LogP contribution in [0.3, 0.4) is 0 Å². The van der Waals surface area contributed by atoms with Crippen molar-refractivity contribution in [2.45, 2.75) is 19.4 Å². The van der Waals surface area contributed by atoms with Crippen molar-refractivity contribution >= 4 is 0 Å². The van der Waals surface area contributed by atoms with Crippen LogP contribution in [0.5, 0.6) is 5.88 Å². The molecule has 1 aliphatic rings. The highest BCUT2D eigenvalue weighted by Gasteiger charge is 2.41. The smallest absolute Gasteiger partial charge is 0.215 e. The van der Waals surface area contributed by atoms with Crippen LogP contribution in [0.25, 0.3) is 0 Å². The molecule has 2 heterocycles. The van der Waals surface area contributed by atoms with E-state index < -0.39 is 0 Å². The number of ether oxygens (including phenoxy) is 2. The van der Waals surface area contributed by atoms with Crippen molar-refractivity contribution in [3.63, 3.8) is 0 Å². The lowest BCUT2D eigenvalue weighted by atomic mass is 10.0. The van der Waals surface area contributed by atoms with Gasteiger partial charge >= 0.3 is 0 Å². The fourth-order valence-electron chi connectivity index (χ4n) is 1.34. The minimum absolute atomic E-state index is 0.0932. The number of hydrogen-bond acceptors (Lipinski definition) is 3.